The van der Waals surface area contributed by atoms with Crippen LogP contribution >= 0.6 is 0 Å². The third-order valence-electron chi connectivity index (χ3n) is 4.14. The van der Waals surface area contributed by atoms with Crippen molar-refractivity contribution in [1.29, 1.82) is 0 Å². The van der Waals surface area contributed by atoms with Gasteiger partial charge in [-0.3, -0.25) is 4.79 Å². The number of esters is 1. The first-order chi connectivity index (χ1) is 12.0. The number of hydrogen-bond donors (Lipinski definition) is 0. The Morgan fingerprint density at radius 2 is 1.64 bits per heavy atom. The molecule has 25 heavy (non-hydrogen) atoms. The minimum atomic E-state index is -0.438. The number of rotatable bonds is 4. The standard InChI is InChI=1S/C21H18O4/c1-13(22)15-8-14-6-4-5-7-19(14)20(12-15)16-9-17(21(23)25-3)11-18(10-16)24-2/h4-12H,1-3H3. The zero-order valence-corrected chi connectivity index (χ0v) is 14.3. The van der Waals surface area contributed by atoms with Crippen molar-refractivity contribution in [2.45, 2.75) is 6.92 Å². The number of fused-ring (bicyclic) bond motifs is 1. The maximum Gasteiger partial charge on any atom is 0.338 e. The van der Waals surface area contributed by atoms with Crippen molar-refractivity contribution >= 4 is 22.5 Å². The van der Waals surface area contributed by atoms with E-state index < -0.39 is 5.97 Å². The highest BCUT2D eigenvalue weighted by Gasteiger charge is 2.14. The molecule has 0 spiro atoms. The Balaban J connectivity index is 2.31. The fourth-order valence-corrected chi connectivity index (χ4v) is 2.86. The van der Waals surface area contributed by atoms with Crippen molar-refractivity contribution in [1.82, 2.24) is 0 Å². The van der Waals surface area contributed by atoms with Crippen LogP contribution in [0, 0.1) is 0 Å². The van der Waals surface area contributed by atoms with E-state index in [4.69, 9.17) is 9.47 Å². The Morgan fingerprint density at radius 3 is 2.32 bits per heavy atom. The van der Waals surface area contributed by atoms with Gasteiger partial charge in [-0.25, -0.2) is 4.79 Å². The van der Waals surface area contributed by atoms with Crippen LogP contribution in [0.25, 0.3) is 21.9 Å². The van der Waals surface area contributed by atoms with Crippen LogP contribution in [-0.4, -0.2) is 26.0 Å². The molecule has 0 amide bonds. The number of ether oxygens (including phenoxy) is 2. The number of Topliss-reactive ketones (excluding diaryl/α,β-unsaturated/α-hetero) is 1. The highest BCUT2D eigenvalue weighted by atomic mass is 16.5. The lowest BCUT2D eigenvalue weighted by atomic mass is 9.93. The number of carbonyl (C=O) groups is 2. The van der Waals surface area contributed by atoms with Crippen LogP contribution in [0.3, 0.4) is 0 Å². The largest absolute Gasteiger partial charge is 0.497 e. The molecule has 0 bridgehead atoms. The van der Waals surface area contributed by atoms with E-state index >= 15 is 0 Å². The maximum absolute atomic E-state index is 12.0. The zero-order chi connectivity index (χ0) is 18.0. The lowest BCUT2D eigenvalue weighted by Crippen LogP contribution is -2.02. The fraction of sp³-hybridized carbons (Fsp3) is 0.143. The number of methoxy groups -OCH3 is 2. The van der Waals surface area contributed by atoms with E-state index in [0.29, 0.717) is 16.9 Å². The average Bonchev–Trinajstić information content (AvgIpc) is 2.65. The summed E-state index contributed by atoms with van der Waals surface area (Å²) in [6.07, 6.45) is 0. The molecule has 4 nitrogen and oxygen atoms in total. The molecule has 0 N–H and O–H groups in total. The molecule has 0 aliphatic heterocycles. The summed E-state index contributed by atoms with van der Waals surface area (Å²) in [6, 6.07) is 16.8. The summed E-state index contributed by atoms with van der Waals surface area (Å²) in [7, 11) is 2.89. The van der Waals surface area contributed by atoms with Gasteiger partial charge in [0.2, 0.25) is 0 Å². The summed E-state index contributed by atoms with van der Waals surface area (Å²) in [5, 5.41) is 1.96. The van der Waals surface area contributed by atoms with E-state index in [1.165, 1.54) is 7.11 Å². The number of carbonyl (C=O) groups excluding carboxylic acids is 2. The number of ketones is 1. The molecule has 0 radical (unpaired) electrons. The summed E-state index contributed by atoms with van der Waals surface area (Å²) in [6.45, 7) is 1.54. The second-order valence-corrected chi connectivity index (χ2v) is 5.74. The van der Waals surface area contributed by atoms with E-state index in [1.54, 1.807) is 26.2 Å². The predicted octanol–water partition coefficient (Wildman–Crippen LogP) is 4.50. The summed E-state index contributed by atoms with van der Waals surface area (Å²) in [5.74, 6) is 0.102. The Bertz CT molecular complexity index is 973. The monoisotopic (exact) mass is 334 g/mol. The average molecular weight is 334 g/mol. The molecule has 0 aliphatic carbocycles. The van der Waals surface area contributed by atoms with Crippen LogP contribution in [0.15, 0.2) is 54.6 Å². The minimum absolute atomic E-state index is 0.0110. The molecule has 0 unspecified atom stereocenters. The van der Waals surface area contributed by atoms with Gasteiger partial charge in [0.1, 0.15) is 5.75 Å². The van der Waals surface area contributed by atoms with Gasteiger partial charge in [-0.15, -0.1) is 0 Å². The van der Waals surface area contributed by atoms with E-state index in [1.807, 2.05) is 42.5 Å². The van der Waals surface area contributed by atoms with Crippen molar-refractivity contribution in [3.8, 4) is 16.9 Å². The first kappa shape index (κ1) is 16.7. The number of benzene rings is 3. The topological polar surface area (TPSA) is 52.6 Å². The minimum Gasteiger partial charge on any atom is -0.497 e. The summed E-state index contributed by atoms with van der Waals surface area (Å²) in [4.78, 5) is 23.9. The van der Waals surface area contributed by atoms with Gasteiger partial charge < -0.3 is 9.47 Å². The maximum atomic E-state index is 12.0. The third-order valence-corrected chi connectivity index (χ3v) is 4.14. The smallest absolute Gasteiger partial charge is 0.338 e. The molecule has 126 valence electrons. The molecule has 0 aliphatic rings. The Labute approximate surface area is 146 Å². The van der Waals surface area contributed by atoms with Gasteiger partial charge in [-0.05, 0) is 59.2 Å². The van der Waals surface area contributed by atoms with Crippen LogP contribution in [0.5, 0.6) is 5.75 Å². The van der Waals surface area contributed by atoms with E-state index in [-0.39, 0.29) is 5.78 Å². The van der Waals surface area contributed by atoms with Gasteiger partial charge in [-0.2, -0.15) is 0 Å². The quantitative estimate of drug-likeness (QED) is 0.520. The molecule has 0 aromatic heterocycles. The van der Waals surface area contributed by atoms with E-state index in [2.05, 4.69) is 0 Å². The van der Waals surface area contributed by atoms with Gasteiger partial charge in [0.25, 0.3) is 0 Å². The molecule has 3 aromatic rings. The lowest BCUT2D eigenvalue weighted by Gasteiger charge is -2.12. The first-order valence-electron chi connectivity index (χ1n) is 7.85. The third kappa shape index (κ3) is 3.24. The molecular weight excluding hydrogens is 316 g/mol. The lowest BCUT2D eigenvalue weighted by molar-refractivity contribution is 0.0600. The van der Waals surface area contributed by atoms with Crippen molar-refractivity contribution in [2.24, 2.45) is 0 Å². The SMILES string of the molecule is COC(=O)c1cc(OC)cc(-c2cc(C(C)=O)cc3ccccc23)c1. The molecule has 0 saturated heterocycles. The van der Waals surface area contributed by atoms with Gasteiger partial charge in [0, 0.05) is 5.56 Å². The molecule has 0 fully saturated rings. The highest BCUT2D eigenvalue weighted by Crippen LogP contribution is 2.33. The summed E-state index contributed by atoms with van der Waals surface area (Å²) < 4.78 is 10.2. The number of hydrogen-bond acceptors (Lipinski definition) is 4. The molecule has 0 heterocycles. The van der Waals surface area contributed by atoms with Crippen molar-refractivity contribution in [3.63, 3.8) is 0 Å². The molecule has 3 aromatic carbocycles. The van der Waals surface area contributed by atoms with E-state index in [9.17, 15) is 9.59 Å². The normalized spacial score (nSPS) is 10.5. The van der Waals surface area contributed by atoms with E-state index in [0.717, 1.165) is 21.9 Å². The zero-order valence-electron chi connectivity index (χ0n) is 14.3. The molecule has 3 rings (SSSR count). The fourth-order valence-electron chi connectivity index (χ4n) is 2.86. The van der Waals surface area contributed by atoms with Crippen LogP contribution in [0.2, 0.25) is 0 Å². The van der Waals surface area contributed by atoms with Crippen molar-refractivity contribution in [2.75, 3.05) is 14.2 Å². The van der Waals surface area contributed by atoms with Gasteiger partial charge in [0.15, 0.2) is 5.78 Å². The van der Waals surface area contributed by atoms with Crippen molar-refractivity contribution in [3.05, 3.63) is 65.7 Å². The molecule has 4 heteroatoms. The Kier molecular flexibility index (Phi) is 4.52. The van der Waals surface area contributed by atoms with Gasteiger partial charge in [-0.1, -0.05) is 24.3 Å². The summed E-state index contributed by atoms with van der Waals surface area (Å²) >= 11 is 0. The Morgan fingerprint density at radius 1 is 0.880 bits per heavy atom. The highest BCUT2D eigenvalue weighted by molar-refractivity contribution is 6.05. The van der Waals surface area contributed by atoms with Crippen LogP contribution in [-0.2, 0) is 4.74 Å². The van der Waals surface area contributed by atoms with Gasteiger partial charge >= 0.3 is 5.97 Å². The van der Waals surface area contributed by atoms with Crippen LogP contribution < -0.4 is 4.74 Å². The van der Waals surface area contributed by atoms with Crippen molar-refractivity contribution < 1.29 is 19.1 Å². The predicted molar refractivity (Wildman–Crippen MR) is 97.3 cm³/mol. The Hall–Kier alpha value is -3.14. The van der Waals surface area contributed by atoms with Crippen LogP contribution in [0.1, 0.15) is 27.6 Å². The molecule has 0 atom stereocenters. The van der Waals surface area contributed by atoms with Crippen LogP contribution in [0.4, 0.5) is 0 Å². The first-order valence-corrected chi connectivity index (χ1v) is 7.85. The molecular formula is C21H18O4. The second kappa shape index (κ2) is 6.77. The summed E-state index contributed by atoms with van der Waals surface area (Å²) in [5.41, 5.74) is 2.68. The van der Waals surface area contributed by atoms with Gasteiger partial charge in [0.05, 0.1) is 19.8 Å². The second-order valence-electron chi connectivity index (χ2n) is 5.74. The molecule has 0 saturated carbocycles.